The number of hydrogen-bond donors (Lipinski definition) is 1. The number of aromatic nitrogens is 1. The molecule has 0 spiro atoms. The highest BCUT2D eigenvalue weighted by Crippen LogP contribution is 2.42. The van der Waals surface area contributed by atoms with Gasteiger partial charge in [0.15, 0.2) is 5.82 Å². The number of nitrogens with zero attached hydrogens (tertiary/aromatic N) is 2. The van der Waals surface area contributed by atoms with Gasteiger partial charge in [0.25, 0.3) is 5.78 Å². The fraction of sp³-hybridized carbons (Fsp3) is 0.240. The normalized spacial score (nSPS) is 17.7. The molecule has 1 aliphatic heterocycles. The van der Waals surface area contributed by atoms with Crippen molar-refractivity contribution in [3.8, 4) is 5.75 Å². The Balaban J connectivity index is 1.83. The number of carbonyl (C=O) groups excluding carboxylic acids is 2. The van der Waals surface area contributed by atoms with Crippen LogP contribution in [0.3, 0.4) is 0 Å². The van der Waals surface area contributed by atoms with E-state index in [2.05, 4.69) is 5.16 Å². The van der Waals surface area contributed by atoms with Gasteiger partial charge in [0.2, 0.25) is 0 Å². The zero-order valence-corrected chi connectivity index (χ0v) is 18.2. The number of aliphatic hydroxyl groups excluding tert-OH is 1. The molecule has 7 nitrogen and oxygen atoms in total. The van der Waals surface area contributed by atoms with E-state index >= 15 is 0 Å². The van der Waals surface area contributed by atoms with Gasteiger partial charge >= 0.3 is 5.91 Å². The van der Waals surface area contributed by atoms with Gasteiger partial charge in [-0.1, -0.05) is 41.9 Å². The van der Waals surface area contributed by atoms with Crippen molar-refractivity contribution in [2.75, 3.05) is 11.5 Å². The first-order valence-corrected chi connectivity index (χ1v) is 10.4. The van der Waals surface area contributed by atoms with Crippen LogP contribution in [0.25, 0.3) is 5.76 Å². The molecule has 3 aromatic rings. The first-order valence-electron chi connectivity index (χ1n) is 10.4. The Hall–Kier alpha value is -3.87. The third-order valence-corrected chi connectivity index (χ3v) is 5.30. The standard InChI is InChI=1S/C25H24N2O5/c1-4-13-31-19-11-9-18(10-12-19)23(28)21-22(17-7-5-15(2)6-8-17)27(25(30)24(21)29)20-14-16(3)32-26-20/h5-12,14,22,28H,4,13H2,1-3H3/b23-21+/t22-/m0/s1. The number of benzene rings is 2. The number of ketones is 1. The summed E-state index contributed by atoms with van der Waals surface area (Å²) >= 11 is 0. The molecule has 0 aliphatic carbocycles. The van der Waals surface area contributed by atoms with Crippen molar-refractivity contribution in [2.24, 2.45) is 0 Å². The highest BCUT2D eigenvalue weighted by molar-refractivity contribution is 6.51. The van der Waals surface area contributed by atoms with Crippen LogP contribution in [0.15, 0.2) is 64.7 Å². The van der Waals surface area contributed by atoms with E-state index in [9.17, 15) is 14.7 Å². The number of carbonyl (C=O) groups is 2. The lowest BCUT2D eigenvalue weighted by atomic mass is 9.94. The first kappa shape index (κ1) is 21.4. The van der Waals surface area contributed by atoms with E-state index in [1.807, 2.05) is 38.1 Å². The van der Waals surface area contributed by atoms with Crippen LogP contribution in [0.5, 0.6) is 5.75 Å². The average molecular weight is 432 g/mol. The lowest BCUT2D eigenvalue weighted by molar-refractivity contribution is -0.132. The Morgan fingerprint density at radius 2 is 1.78 bits per heavy atom. The lowest BCUT2D eigenvalue weighted by Gasteiger charge is -2.23. The van der Waals surface area contributed by atoms with E-state index in [1.165, 1.54) is 4.90 Å². The molecule has 1 aromatic heterocycles. The largest absolute Gasteiger partial charge is 0.507 e. The third kappa shape index (κ3) is 3.89. The fourth-order valence-corrected chi connectivity index (χ4v) is 3.68. The Morgan fingerprint density at radius 3 is 2.38 bits per heavy atom. The maximum Gasteiger partial charge on any atom is 0.301 e. The van der Waals surface area contributed by atoms with Gasteiger partial charge in [-0.25, -0.2) is 0 Å². The molecule has 1 saturated heterocycles. The van der Waals surface area contributed by atoms with E-state index in [0.717, 1.165) is 12.0 Å². The maximum atomic E-state index is 13.1. The fourth-order valence-electron chi connectivity index (χ4n) is 3.68. The van der Waals surface area contributed by atoms with Gasteiger partial charge in [-0.2, -0.15) is 0 Å². The predicted molar refractivity (Wildman–Crippen MR) is 119 cm³/mol. The Morgan fingerprint density at radius 1 is 1.09 bits per heavy atom. The molecule has 0 radical (unpaired) electrons. The zero-order valence-electron chi connectivity index (χ0n) is 18.2. The van der Waals surface area contributed by atoms with Gasteiger partial charge in [-0.3, -0.25) is 14.5 Å². The molecule has 1 N–H and O–H groups in total. The minimum atomic E-state index is -0.837. The summed E-state index contributed by atoms with van der Waals surface area (Å²) in [5.41, 5.74) is 2.13. The molecule has 164 valence electrons. The Labute approximate surface area is 185 Å². The molecule has 1 amide bonds. The van der Waals surface area contributed by atoms with Crippen LogP contribution < -0.4 is 9.64 Å². The summed E-state index contributed by atoms with van der Waals surface area (Å²) in [6, 6.07) is 15.0. The molecule has 0 unspecified atom stereocenters. The van der Waals surface area contributed by atoms with Gasteiger partial charge < -0.3 is 14.4 Å². The summed E-state index contributed by atoms with van der Waals surface area (Å²) in [6.07, 6.45) is 0.878. The number of aryl methyl sites for hydroxylation is 2. The number of aliphatic hydroxyl groups is 1. The second kappa shape index (κ2) is 8.70. The third-order valence-electron chi connectivity index (χ3n) is 5.30. The van der Waals surface area contributed by atoms with Crippen LogP contribution in [0.2, 0.25) is 0 Å². The summed E-state index contributed by atoms with van der Waals surface area (Å²) in [5, 5.41) is 15.1. The van der Waals surface area contributed by atoms with Gasteiger partial charge in [0.05, 0.1) is 18.2 Å². The number of rotatable bonds is 6. The van der Waals surface area contributed by atoms with Crippen molar-refractivity contribution >= 4 is 23.3 Å². The van der Waals surface area contributed by atoms with Crippen molar-refractivity contribution in [2.45, 2.75) is 33.2 Å². The molecule has 2 heterocycles. The Bertz CT molecular complexity index is 1180. The number of hydrogen-bond acceptors (Lipinski definition) is 6. The van der Waals surface area contributed by atoms with E-state index in [-0.39, 0.29) is 17.2 Å². The minimum Gasteiger partial charge on any atom is -0.507 e. The van der Waals surface area contributed by atoms with Crippen LogP contribution in [-0.2, 0) is 9.59 Å². The molecule has 0 saturated carbocycles. The molecule has 1 atom stereocenters. The van der Waals surface area contributed by atoms with Gasteiger partial charge in [0.1, 0.15) is 17.3 Å². The number of anilines is 1. The average Bonchev–Trinajstić information content (AvgIpc) is 3.33. The van der Waals surface area contributed by atoms with Crippen molar-refractivity contribution in [3.05, 3.63) is 82.6 Å². The molecular weight excluding hydrogens is 408 g/mol. The molecule has 2 aromatic carbocycles. The number of amides is 1. The smallest absolute Gasteiger partial charge is 0.301 e. The molecule has 1 aliphatic rings. The van der Waals surface area contributed by atoms with Gasteiger partial charge in [-0.15, -0.1) is 0 Å². The monoisotopic (exact) mass is 432 g/mol. The minimum absolute atomic E-state index is 0.00160. The van der Waals surface area contributed by atoms with E-state index in [1.54, 1.807) is 37.3 Å². The predicted octanol–water partition coefficient (Wildman–Crippen LogP) is 4.71. The highest BCUT2D eigenvalue weighted by atomic mass is 16.5. The summed E-state index contributed by atoms with van der Waals surface area (Å²) in [5.74, 6) is -0.409. The highest BCUT2D eigenvalue weighted by Gasteiger charge is 2.48. The van der Waals surface area contributed by atoms with Crippen LogP contribution in [0, 0.1) is 13.8 Å². The molecule has 32 heavy (non-hydrogen) atoms. The van der Waals surface area contributed by atoms with E-state index < -0.39 is 17.7 Å². The summed E-state index contributed by atoms with van der Waals surface area (Å²) in [4.78, 5) is 27.4. The second-order valence-electron chi connectivity index (χ2n) is 7.75. The zero-order chi connectivity index (χ0) is 22.8. The van der Waals surface area contributed by atoms with Crippen molar-refractivity contribution in [3.63, 3.8) is 0 Å². The Kier molecular flexibility index (Phi) is 5.81. The summed E-state index contributed by atoms with van der Waals surface area (Å²) in [7, 11) is 0. The molecule has 7 heteroatoms. The topological polar surface area (TPSA) is 92.9 Å². The molecular formula is C25H24N2O5. The quantitative estimate of drug-likeness (QED) is 0.345. The van der Waals surface area contributed by atoms with Crippen LogP contribution in [-0.4, -0.2) is 28.6 Å². The van der Waals surface area contributed by atoms with Crippen molar-refractivity contribution < 1.29 is 24.0 Å². The van der Waals surface area contributed by atoms with Crippen LogP contribution in [0.1, 0.15) is 41.8 Å². The van der Waals surface area contributed by atoms with Crippen LogP contribution in [0.4, 0.5) is 5.82 Å². The van der Waals surface area contributed by atoms with Crippen molar-refractivity contribution in [1.29, 1.82) is 0 Å². The van der Waals surface area contributed by atoms with Gasteiger partial charge in [0, 0.05) is 11.6 Å². The molecule has 4 rings (SSSR count). The SMILES string of the molecule is CCCOc1ccc(/C(O)=C2\C(=O)C(=O)N(c3cc(C)on3)[C@H]2c2ccc(C)cc2)cc1. The van der Waals surface area contributed by atoms with Gasteiger partial charge in [-0.05, 0) is 50.1 Å². The molecule has 0 bridgehead atoms. The van der Waals surface area contributed by atoms with Crippen LogP contribution >= 0.6 is 0 Å². The molecule has 1 fully saturated rings. The summed E-state index contributed by atoms with van der Waals surface area (Å²) < 4.78 is 10.7. The van der Waals surface area contributed by atoms with E-state index in [0.29, 0.717) is 29.2 Å². The van der Waals surface area contributed by atoms with E-state index in [4.69, 9.17) is 9.26 Å². The first-order chi connectivity index (χ1) is 15.4. The maximum absolute atomic E-state index is 13.1. The van der Waals surface area contributed by atoms with Crippen molar-refractivity contribution in [1.82, 2.24) is 5.16 Å². The number of Topliss-reactive ketones (excluding diaryl/α,β-unsaturated/α-hetero) is 1. The second-order valence-corrected chi connectivity index (χ2v) is 7.75. The number of ether oxygens (including phenoxy) is 1. The summed E-state index contributed by atoms with van der Waals surface area (Å²) in [6.45, 7) is 6.25. The lowest BCUT2D eigenvalue weighted by Crippen LogP contribution is -2.29.